The van der Waals surface area contributed by atoms with Crippen LogP contribution in [0.3, 0.4) is 0 Å². The molecule has 2 aliphatic rings. The van der Waals surface area contributed by atoms with E-state index in [-0.39, 0.29) is 17.9 Å². The van der Waals surface area contributed by atoms with Crippen molar-refractivity contribution in [2.45, 2.75) is 23.8 Å². The van der Waals surface area contributed by atoms with E-state index in [2.05, 4.69) is 5.32 Å². The summed E-state index contributed by atoms with van der Waals surface area (Å²) in [7, 11) is -3.60. The monoisotopic (exact) mass is 418 g/mol. The van der Waals surface area contributed by atoms with Crippen molar-refractivity contribution in [1.29, 1.82) is 0 Å². The van der Waals surface area contributed by atoms with Gasteiger partial charge in [0.15, 0.2) is 0 Å². The molecule has 2 saturated heterocycles. The SMILES string of the molecule is O=C(NCC1COCCO1)C1CCN(S(=O)(=O)c2cccc3ccccc23)CC1. The van der Waals surface area contributed by atoms with Gasteiger partial charge in [-0.15, -0.1) is 0 Å². The van der Waals surface area contributed by atoms with E-state index in [4.69, 9.17) is 9.47 Å². The minimum atomic E-state index is -3.60. The largest absolute Gasteiger partial charge is 0.376 e. The zero-order chi connectivity index (χ0) is 20.3. The summed E-state index contributed by atoms with van der Waals surface area (Å²) in [6.45, 7) is 2.73. The van der Waals surface area contributed by atoms with Gasteiger partial charge in [0.05, 0.1) is 30.8 Å². The minimum absolute atomic E-state index is 0.0404. The topological polar surface area (TPSA) is 84.9 Å². The van der Waals surface area contributed by atoms with Crippen LogP contribution in [0.4, 0.5) is 0 Å². The highest BCUT2D eigenvalue weighted by Gasteiger charge is 2.33. The van der Waals surface area contributed by atoms with E-state index < -0.39 is 10.0 Å². The summed E-state index contributed by atoms with van der Waals surface area (Å²) in [6, 6.07) is 12.8. The molecule has 0 aromatic heterocycles. The highest BCUT2D eigenvalue weighted by molar-refractivity contribution is 7.89. The molecular formula is C21H26N2O5S. The van der Waals surface area contributed by atoms with E-state index in [9.17, 15) is 13.2 Å². The van der Waals surface area contributed by atoms with Crippen molar-refractivity contribution >= 4 is 26.7 Å². The molecular weight excluding hydrogens is 392 g/mol. The van der Waals surface area contributed by atoms with Crippen LogP contribution in [0.25, 0.3) is 10.8 Å². The first-order chi connectivity index (χ1) is 14.1. The molecule has 2 aromatic carbocycles. The maximum atomic E-state index is 13.2. The third-order valence-electron chi connectivity index (χ3n) is 5.58. The number of hydrogen-bond acceptors (Lipinski definition) is 5. The molecule has 2 fully saturated rings. The van der Waals surface area contributed by atoms with E-state index in [1.54, 1.807) is 12.1 Å². The first kappa shape index (κ1) is 20.3. The van der Waals surface area contributed by atoms with Gasteiger partial charge in [0, 0.05) is 30.9 Å². The second-order valence-corrected chi connectivity index (χ2v) is 9.37. The number of amides is 1. The van der Waals surface area contributed by atoms with Crippen LogP contribution in [0.5, 0.6) is 0 Å². The zero-order valence-corrected chi connectivity index (χ0v) is 17.1. The molecule has 1 atom stereocenters. The minimum Gasteiger partial charge on any atom is -0.376 e. The third kappa shape index (κ3) is 4.45. The van der Waals surface area contributed by atoms with Crippen LogP contribution in [-0.4, -0.2) is 64.2 Å². The maximum absolute atomic E-state index is 13.2. The van der Waals surface area contributed by atoms with Crippen molar-refractivity contribution in [3.05, 3.63) is 42.5 Å². The zero-order valence-electron chi connectivity index (χ0n) is 16.2. The maximum Gasteiger partial charge on any atom is 0.243 e. The average molecular weight is 419 g/mol. The van der Waals surface area contributed by atoms with Crippen LogP contribution in [0.2, 0.25) is 0 Å². The van der Waals surface area contributed by atoms with Crippen LogP contribution in [0.1, 0.15) is 12.8 Å². The number of nitrogens with one attached hydrogen (secondary N) is 1. The molecule has 156 valence electrons. The summed E-state index contributed by atoms with van der Waals surface area (Å²) in [6.07, 6.45) is 0.912. The summed E-state index contributed by atoms with van der Waals surface area (Å²) in [4.78, 5) is 12.8. The number of ether oxygens (including phenoxy) is 2. The van der Waals surface area contributed by atoms with E-state index in [1.165, 1.54) is 4.31 Å². The third-order valence-corrected chi connectivity index (χ3v) is 7.54. The second kappa shape index (κ2) is 8.79. The Balaban J connectivity index is 1.37. The molecule has 8 heteroatoms. The number of rotatable bonds is 5. The molecule has 0 bridgehead atoms. The second-order valence-electron chi connectivity index (χ2n) is 7.47. The first-order valence-electron chi connectivity index (χ1n) is 10.0. The summed E-state index contributed by atoms with van der Waals surface area (Å²) < 4.78 is 38.8. The number of fused-ring (bicyclic) bond motifs is 1. The van der Waals surface area contributed by atoms with Crippen molar-refractivity contribution < 1.29 is 22.7 Å². The Morgan fingerprint density at radius 1 is 1.07 bits per heavy atom. The highest BCUT2D eigenvalue weighted by atomic mass is 32.2. The number of carbonyl (C=O) groups is 1. The van der Waals surface area contributed by atoms with Crippen LogP contribution < -0.4 is 5.32 Å². The lowest BCUT2D eigenvalue weighted by molar-refractivity contribution is -0.128. The molecule has 4 rings (SSSR count). The van der Waals surface area contributed by atoms with E-state index in [0.29, 0.717) is 57.2 Å². The molecule has 2 heterocycles. The van der Waals surface area contributed by atoms with Crippen molar-refractivity contribution in [2.75, 3.05) is 39.5 Å². The normalized spacial score (nSPS) is 21.9. The van der Waals surface area contributed by atoms with Crippen LogP contribution in [0.15, 0.2) is 47.4 Å². The Kier molecular flexibility index (Phi) is 6.15. The van der Waals surface area contributed by atoms with Crippen LogP contribution in [-0.2, 0) is 24.3 Å². The fraction of sp³-hybridized carbons (Fsp3) is 0.476. The predicted octanol–water partition coefficient (Wildman–Crippen LogP) is 1.77. The lowest BCUT2D eigenvalue weighted by Crippen LogP contribution is -2.45. The van der Waals surface area contributed by atoms with Gasteiger partial charge >= 0.3 is 0 Å². The van der Waals surface area contributed by atoms with Gasteiger partial charge in [0.2, 0.25) is 15.9 Å². The standard InChI is InChI=1S/C21H26N2O5S/c24-21(22-14-18-15-27-12-13-28-18)17-8-10-23(11-9-17)29(25,26)20-7-3-5-16-4-1-2-6-19(16)20/h1-7,17-18H,8-15H2,(H,22,24). The Labute approximate surface area is 171 Å². The molecule has 2 aromatic rings. The number of sulfonamides is 1. The molecule has 1 amide bonds. The van der Waals surface area contributed by atoms with Gasteiger partial charge in [-0.1, -0.05) is 36.4 Å². The summed E-state index contributed by atoms with van der Waals surface area (Å²) in [5.41, 5.74) is 0. The van der Waals surface area contributed by atoms with Crippen molar-refractivity contribution in [3.8, 4) is 0 Å². The molecule has 0 saturated carbocycles. The Morgan fingerprint density at radius 2 is 1.83 bits per heavy atom. The lowest BCUT2D eigenvalue weighted by Gasteiger charge is -2.31. The molecule has 0 radical (unpaired) electrons. The molecule has 29 heavy (non-hydrogen) atoms. The number of carbonyl (C=O) groups excluding carboxylic acids is 1. The van der Waals surface area contributed by atoms with Crippen LogP contribution >= 0.6 is 0 Å². The van der Waals surface area contributed by atoms with Gasteiger partial charge in [0.25, 0.3) is 0 Å². The predicted molar refractivity (Wildman–Crippen MR) is 109 cm³/mol. The van der Waals surface area contributed by atoms with Crippen molar-refractivity contribution in [3.63, 3.8) is 0 Å². The van der Waals surface area contributed by atoms with Crippen LogP contribution in [0, 0.1) is 5.92 Å². The Bertz CT molecular complexity index is 959. The smallest absolute Gasteiger partial charge is 0.243 e. The van der Waals surface area contributed by atoms with E-state index in [0.717, 1.165) is 10.8 Å². The van der Waals surface area contributed by atoms with Gasteiger partial charge in [-0.25, -0.2) is 8.42 Å². The molecule has 7 nitrogen and oxygen atoms in total. The average Bonchev–Trinajstić information content (AvgIpc) is 2.78. The summed E-state index contributed by atoms with van der Waals surface area (Å²) in [5, 5.41) is 4.55. The van der Waals surface area contributed by atoms with Gasteiger partial charge < -0.3 is 14.8 Å². The Hall–Kier alpha value is -2.00. The van der Waals surface area contributed by atoms with Gasteiger partial charge in [-0.2, -0.15) is 4.31 Å². The molecule has 0 aliphatic carbocycles. The molecule has 1 N–H and O–H groups in total. The van der Waals surface area contributed by atoms with Crippen molar-refractivity contribution in [1.82, 2.24) is 9.62 Å². The summed E-state index contributed by atoms with van der Waals surface area (Å²) in [5.74, 6) is -0.222. The summed E-state index contributed by atoms with van der Waals surface area (Å²) >= 11 is 0. The molecule has 1 unspecified atom stereocenters. The number of piperidine rings is 1. The number of benzene rings is 2. The molecule has 2 aliphatic heterocycles. The van der Waals surface area contributed by atoms with Gasteiger partial charge in [0.1, 0.15) is 0 Å². The Morgan fingerprint density at radius 3 is 2.59 bits per heavy atom. The highest BCUT2D eigenvalue weighted by Crippen LogP contribution is 2.28. The molecule has 0 spiro atoms. The number of nitrogens with zero attached hydrogens (tertiary/aromatic N) is 1. The van der Waals surface area contributed by atoms with E-state index in [1.807, 2.05) is 30.3 Å². The van der Waals surface area contributed by atoms with Crippen molar-refractivity contribution in [2.24, 2.45) is 5.92 Å². The number of hydrogen-bond donors (Lipinski definition) is 1. The quantitative estimate of drug-likeness (QED) is 0.800. The van der Waals surface area contributed by atoms with E-state index >= 15 is 0 Å². The fourth-order valence-corrected chi connectivity index (χ4v) is 5.62. The first-order valence-corrected chi connectivity index (χ1v) is 11.4. The van der Waals surface area contributed by atoms with Gasteiger partial charge in [-0.3, -0.25) is 4.79 Å². The fourth-order valence-electron chi connectivity index (χ4n) is 3.93. The van der Waals surface area contributed by atoms with Gasteiger partial charge in [-0.05, 0) is 24.3 Å². The lowest BCUT2D eigenvalue weighted by atomic mass is 9.97.